The predicted molar refractivity (Wildman–Crippen MR) is 99.4 cm³/mol. The second-order valence-electron chi connectivity index (χ2n) is 5.72. The molecule has 1 atom stereocenters. The van der Waals surface area contributed by atoms with Crippen molar-refractivity contribution in [2.45, 2.75) is 6.04 Å². The van der Waals surface area contributed by atoms with Gasteiger partial charge in [0.15, 0.2) is 11.6 Å². The van der Waals surface area contributed by atoms with Crippen molar-refractivity contribution in [1.82, 2.24) is 15.5 Å². The summed E-state index contributed by atoms with van der Waals surface area (Å²) in [5.74, 6) is 0.366. The van der Waals surface area contributed by atoms with Gasteiger partial charge in [0.1, 0.15) is 18.1 Å². The summed E-state index contributed by atoms with van der Waals surface area (Å²) in [5.41, 5.74) is 7.46. The van der Waals surface area contributed by atoms with Gasteiger partial charge in [-0.25, -0.2) is 4.79 Å². The summed E-state index contributed by atoms with van der Waals surface area (Å²) in [6.45, 7) is 0.00637. The molecule has 8 heteroatoms. The van der Waals surface area contributed by atoms with Gasteiger partial charge >= 0.3 is 6.09 Å². The lowest BCUT2D eigenvalue weighted by atomic mass is 10.1. The number of nitrogen functional groups attached to an aromatic ring is 1. The van der Waals surface area contributed by atoms with Crippen LogP contribution in [0.5, 0.6) is 11.5 Å². The highest BCUT2D eigenvalue weighted by Crippen LogP contribution is 2.31. The number of aromatic nitrogens is 2. The first kappa shape index (κ1) is 18.0. The molecule has 1 aromatic heterocycles. The number of phenolic OH excluding ortho intramolecular Hbond substituents is 1. The van der Waals surface area contributed by atoms with Gasteiger partial charge in [-0.1, -0.05) is 42.5 Å². The number of hydrogen-bond donors (Lipinski definition) is 4. The molecule has 1 amide bonds. The van der Waals surface area contributed by atoms with Gasteiger partial charge in [0, 0.05) is 11.6 Å². The Morgan fingerprint density at radius 3 is 2.52 bits per heavy atom. The van der Waals surface area contributed by atoms with Crippen LogP contribution in [0.1, 0.15) is 11.6 Å². The van der Waals surface area contributed by atoms with Crippen molar-refractivity contribution in [2.75, 3.05) is 12.3 Å². The average molecular weight is 366 g/mol. The van der Waals surface area contributed by atoms with Gasteiger partial charge in [-0.3, -0.25) is 0 Å². The number of amides is 1. The quantitative estimate of drug-likeness (QED) is 0.527. The molecule has 0 spiro atoms. The average Bonchev–Trinajstić information content (AvgIpc) is 2.67. The summed E-state index contributed by atoms with van der Waals surface area (Å²) in [6, 6.07) is 16.7. The van der Waals surface area contributed by atoms with Gasteiger partial charge < -0.3 is 26.0 Å². The molecule has 138 valence electrons. The summed E-state index contributed by atoms with van der Waals surface area (Å²) in [6.07, 6.45) is -1.16. The molecule has 0 saturated heterocycles. The largest absolute Gasteiger partial charge is 0.507 e. The molecule has 1 heterocycles. The van der Waals surface area contributed by atoms with E-state index in [9.17, 15) is 9.90 Å². The molecule has 0 aliphatic carbocycles. The minimum atomic E-state index is -1.16. The van der Waals surface area contributed by atoms with Crippen LogP contribution in [0.2, 0.25) is 0 Å². The standard InChI is InChI=1S/C19H18N4O4/c20-18-17(10-14(22-23-18)13-8-4-5-9-16(13)24)27-11-15(21-19(25)26)12-6-2-1-3-7-12/h1-10,15,21,24H,11H2,(H2,20,23)(H,25,26). The minimum absolute atomic E-state index is 0.00637. The highest BCUT2D eigenvalue weighted by atomic mass is 16.5. The first-order valence-corrected chi connectivity index (χ1v) is 8.13. The SMILES string of the molecule is Nc1nnc(-c2ccccc2O)cc1OCC(NC(=O)O)c1ccccc1. The Bertz CT molecular complexity index is 934. The number of nitrogens with two attached hydrogens (primary N) is 1. The first-order chi connectivity index (χ1) is 13.0. The third-order valence-electron chi connectivity index (χ3n) is 3.87. The number of carbonyl (C=O) groups is 1. The van der Waals surface area contributed by atoms with Crippen LogP contribution in [-0.4, -0.2) is 33.1 Å². The van der Waals surface area contributed by atoms with Gasteiger partial charge in [0.05, 0.1) is 6.04 Å². The zero-order valence-corrected chi connectivity index (χ0v) is 14.2. The van der Waals surface area contributed by atoms with E-state index in [0.717, 1.165) is 5.56 Å². The van der Waals surface area contributed by atoms with Crippen LogP contribution < -0.4 is 15.8 Å². The van der Waals surface area contributed by atoms with Crippen LogP contribution in [-0.2, 0) is 0 Å². The number of carboxylic acid groups (broad SMARTS) is 1. The number of phenols is 1. The van der Waals surface area contributed by atoms with E-state index in [4.69, 9.17) is 15.6 Å². The molecule has 0 bridgehead atoms. The van der Waals surface area contributed by atoms with Crippen LogP contribution in [0, 0.1) is 0 Å². The smallest absolute Gasteiger partial charge is 0.405 e. The molecule has 5 N–H and O–H groups in total. The van der Waals surface area contributed by atoms with E-state index < -0.39 is 12.1 Å². The summed E-state index contributed by atoms with van der Waals surface area (Å²) in [7, 11) is 0. The van der Waals surface area contributed by atoms with E-state index in [0.29, 0.717) is 11.3 Å². The maximum atomic E-state index is 11.1. The molecule has 0 radical (unpaired) electrons. The summed E-state index contributed by atoms with van der Waals surface area (Å²) < 4.78 is 5.72. The van der Waals surface area contributed by atoms with E-state index in [1.807, 2.05) is 18.2 Å². The molecule has 0 aliphatic heterocycles. The molecular formula is C19H18N4O4. The normalized spacial score (nSPS) is 11.6. The fraction of sp³-hybridized carbons (Fsp3) is 0.105. The Balaban J connectivity index is 1.83. The molecule has 0 fully saturated rings. The van der Waals surface area contributed by atoms with E-state index in [1.54, 1.807) is 36.4 Å². The van der Waals surface area contributed by atoms with Crippen LogP contribution in [0.3, 0.4) is 0 Å². The molecule has 0 aliphatic rings. The van der Waals surface area contributed by atoms with E-state index in [2.05, 4.69) is 15.5 Å². The molecular weight excluding hydrogens is 348 g/mol. The summed E-state index contributed by atoms with van der Waals surface area (Å²) in [4.78, 5) is 11.1. The number of para-hydroxylation sites is 1. The lowest BCUT2D eigenvalue weighted by molar-refractivity contribution is 0.181. The fourth-order valence-electron chi connectivity index (χ4n) is 2.55. The van der Waals surface area contributed by atoms with Crippen molar-refractivity contribution in [3.8, 4) is 22.8 Å². The highest BCUT2D eigenvalue weighted by molar-refractivity contribution is 5.69. The van der Waals surface area contributed by atoms with Crippen LogP contribution in [0.15, 0.2) is 60.7 Å². The van der Waals surface area contributed by atoms with E-state index in [-0.39, 0.29) is 23.9 Å². The van der Waals surface area contributed by atoms with Crippen molar-refractivity contribution >= 4 is 11.9 Å². The highest BCUT2D eigenvalue weighted by Gasteiger charge is 2.17. The van der Waals surface area contributed by atoms with Crippen molar-refractivity contribution in [3.05, 3.63) is 66.2 Å². The molecule has 0 saturated carbocycles. The number of rotatable bonds is 6. The molecule has 3 rings (SSSR count). The Hall–Kier alpha value is -3.81. The Kier molecular flexibility index (Phi) is 5.36. The zero-order valence-electron chi connectivity index (χ0n) is 14.2. The van der Waals surface area contributed by atoms with Crippen LogP contribution >= 0.6 is 0 Å². The number of aromatic hydroxyl groups is 1. The maximum Gasteiger partial charge on any atom is 0.405 e. The minimum Gasteiger partial charge on any atom is -0.507 e. The van der Waals surface area contributed by atoms with Gasteiger partial charge in [0.2, 0.25) is 0 Å². The monoisotopic (exact) mass is 366 g/mol. The summed E-state index contributed by atoms with van der Waals surface area (Å²) in [5, 5.41) is 29.3. The maximum absolute atomic E-state index is 11.1. The van der Waals surface area contributed by atoms with Gasteiger partial charge in [0.25, 0.3) is 0 Å². The van der Waals surface area contributed by atoms with Crippen molar-refractivity contribution in [2.24, 2.45) is 0 Å². The second-order valence-corrected chi connectivity index (χ2v) is 5.72. The second kappa shape index (κ2) is 8.05. The van der Waals surface area contributed by atoms with Gasteiger partial charge in [-0.05, 0) is 17.7 Å². The van der Waals surface area contributed by atoms with Gasteiger partial charge in [-0.2, -0.15) is 0 Å². The van der Waals surface area contributed by atoms with Crippen LogP contribution in [0.25, 0.3) is 11.3 Å². The van der Waals surface area contributed by atoms with E-state index >= 15 is 0 Å². The molecule has 3 aromatic rings. The number of ether oxygens (including phenoxy) is 1. The van der Waals surface area contributed by atoms with Crippen molar-refractivity contribution in [1.29, 1.82) is 0 Å². The molecule has 8 nitrogen and oxygen atoms in total. The van der Waals surface area contributed by atoms with E-state index in [1.165, 1.54) is 6.07 Å². The Morgan fingerprint density at radius 1 is 1.11 bits per heavy atom. The predicted octanol–water partition coefficient (Wildman–Crippen LogP) is 2.82. The number of benzene rings is 2. The summed E-state index contributed by atoms with van der Waals surface area (Å²) >= 11 is 0. The number of hydrogen-bond acceptors (Lipinski definition) is 6. The topological polar surface area (TPSA) is 131 Å². The molecule has 1 unspecified atom stereocenters. The van der Waals surface area contributed by atoms with Crippen molar-refractivity contribution < 1.29 is 19.7 Å². The molecule has 2 aromatic carbocycles. The first-order valence-electron chi connectivity index (χ1n) is 8.13. The lowest BCUT2D eigenvalue weighted by Gasteiger charge is -2.18. The Labute approximate surface area is 155 Å². The third-order valence-corrected chi connectivity index (χ3v) is 3.87. The molecule has 27 heavy (non-hydrogen) atoms. The van der Waals surface area contributed by atoms with Crippen LogP contribution in [0.4, 0.5) is 10.6 Å². The number of nitrogens with zero attached hydrogens (tertiary/aromatic N) is 2. The number of nitrogens with one attached hydrogen (secondary N) is 1. The van der Waals surface area contributed by atoms with Gasteiger partial charge in [-0.15, -0.1) is 10.2 Å². The fourth-order valence-corrected chi connectivity index (χ4v) is 2.55. The zero-order chi connectivity index (χ0) is 19.2. The van der Waals surface area contributed by atoms with Crippen molar-refractivity contribution in [3.63, 3.8) is 0 Å². The number of anilines is 1. The lowest BCUT2D eigenvalue weighted by Crippen LogP contribution is -2.31. The Morgan fingerprint density at radius 2 is 1.81 bits per heavy atom. The third kappa shape index (κ3) is 4.43.